The molecule has 2 aromatic rings. The summed E-state index contributed by atoms with van der Waals surface area (Å²) in [5, 5.41) is 8.70. The molecule has 0 amide bonds. The molecule has 0 unspecified atom stereocenters. The van der Waals surface area contributed by atoms with Crippen LogP contribution >= 0.6 is 0 Å². The second kappa shape index (κ2) is 7.52. The number of nitrogens with zero attached hydrogens (tertiary/aromatic N) is 1. The highest BCUT2D eigenvalue weighted by Gasteiger charge is 2.05. The number of aliphatic hydroxyl groups is 1. The summed E-state index contributed by atoms with van der Waals surface area (Å²) >= 11 is 0. The van der Waals surface area contributed by atoms with Crippen LogP contribution in [0.25, 0.3) is 0 Å². The van der Waals surface area contributed by atoms with Gasteiger partial charge in [0.05, 0.1) is 0 Å². The first-order valence-corrected chi connectivity index (χ1v) is 7.23. The van der Waals surface area contributed by atoms with E-state index in [0.717, 1.165) is 18.7 Å². The largest absolute Gasteiger partial charge is 0.384 e. The number of rotatable bonds is 4. The predicted octanol–water partition coefficient (Wildman–Crippen LogP) is 3.37. The highest BCUT2D eigenvalue weighted by atomic mass is 16.2. The van der Waals surface area contributed by atoms with Crippen LogP contribution in [0.2, 0.25) is 0 Å². The van der Waals surface area contributed by atoms with Crippen molar-refractivity contribution in [2.75, 3.05) is 18.1 Å². The Morgan fingerprint density at radius 2 is 1.86 bits per heavy atom. The molecule has 0 aliphatic heterocycles. The molecule has 2 rings (SSSR count). The molecule has 0 fully saturated rings. The molecular formula is C19H21NO. The van der Waals surface area contributed by atoms with Crippen molar-refractivity contribution in [3.05, 3.63) is 65.2 Å². The zero-order valence-electron chi connectivity index (χ0n) is 12.6. The molecule has 0 radical (unpaired) electrons. The predicted molar refractivity (Wildman–Crippen MR) is 88.3 cm³/mol. The number of hydrogen-bond acceptors (Lipinski definition) is 2. The van der Waals surface area contributed by atoms with E-state index in [9.17, 15) is 0 Å². The third-order valence-electron chi connectivity index (χ3n) is 3.39. The van der Waals surface area contributed by atoms with Crippen LogP contribution in [0, 0.1) is 18.8 Å². The summed E-state index contributed by atoms with van der Waals surface area (Å²) < 4.78 is 0. The maximum atomic E-state index is 8.70. The van der Waals surface area contributed by atoms with Gasteiger partial charge >= 0.3 is 0 Å². The third-order valence-corrected chi connectivity index (χ3v) is 3.39. The summed E-state index contributed by atoms with van der Waals surface area (Å²) in [4.78, 5) is 2.35. The molecule has 0 saturated carbocycles. The Balaban J connectivity index is 2.11. The standard InChI is InChI=1S/C19H21NO/c1-3-20(19-8-4-6-16(2)14-19)15-18-11-9-17(10-12-18)7-5-13-21/h4,6,8-12,14,21H,3,13,15H2,1-2H3. The van der Waals surface area contributed by atoms with Crippen LogP contribution in [-0.4, -0.2) is 18.3 Å². The highest BCUT2D eigenvalue weighted by molar-refractivity contribution is 5.49. The van der Waals surface area contributed by atoms with Crippen molar-refractivity contribution in [3.8, 4) is 11.8 Å². The fraction of sp³-hybridized carbons (Fsp3) is 0.263. The van der Waals surface area contributed by atoms with Gasteiger partial charge < -0.3 is 10.0 Å². The SMILES string of the molecule is CCN(Cc1ccc(C#CCO)cc1)c1cccc(C)c1. The molecule has 0 aromatic heterocycles. The first-order chi connectivity index (χ1) is 10.2. The average Bonchev–Trinajstić information content (AvgIpc) is 2.51. The fourth-order valence-electron chi connectivity index (χ4n) is 2.27. The molecule has 0 bridgehead atoms. The molecule has 0 atom stereocenters. The summed E-state index contributed by atoms with van der Waals surface area (Å²) in [6.45, 7) is 6.04. The zero-order valence-corrected chi connectivity index (χ0v) is 12.6. The van der Waals surface area contributed by atoms with E-state index in [4.69, 9.17) is 5.11 Å². The maximum Gasteiger partial charge on any atom is 0.104 e. The Bertz CT molecular complexity index is 635. The molecule has 0 heterocycles. The van der Waals surface area contributed by atoms with E-state index in [0.29, 0.717) is 0 Å². The molecule has 21 heavy (non-hydrogen) atoms. The number of aryl methyl sites for hydroxylation is 1. The number of benzene rings is 2. The summed E-state index contributed by atoms with van der Waals surface area (Å²) in [6.07, 6.45) is 0. The van der Waals surface area contributed by atoms with Crippen molar-refractivity contribution in [2.24, 2.45) is 0 Å². The van der Waals surface area contributed by atoms with Gasteiger partial charge in [0, 0.05) is 24.3 Å². The molecule has 2 nitrogen and oxygen atoms in total. The van der Waals surface area contributed by atoms with Crippen LogP contribution in [0.3, 0.4) is 0 Å². The molecule has 0 aliphatic rings. The summed E-state index contributed by atoms with van der Waals surface area (Å²) in [5.74, 6) is 5.58. The number of anilines is 1. The maximum absolute atomic E-state index is 8.70. The lowest BCUT2D eigenvalue weighted by Gasteiger charge is -2.23. The normalized spacial score (nSPS) is 9.86. The van der Waals surface area contributed by atoms with E-state index in [1.165, 1.54) is 16.8 Å². The Labute approximate surface area is 127 Å². The van der Waals surface area contributed by atoms with Gasteiger partial charge in [0.15, 0.2) is 0 Å². The van der Waals surface area contributed by atoms with E-state index in [1.807, 2.05) is 12.1 Å². The lowest BCUT2D eigenvalue weighted by Crippen LogP contribution is -2.21. The van der Waals surface area contributed by atoms with E-state index < -0.39 is 0 Å². The second-order valence-corrected chi connectivity index (χ2v) is 5.01. The lowest BCUT2D eigenvalue weighted by atomic mass is 10.1. The summed E-state index contributed by atoms with van der Waals surface area (Å²) in [6, 6.07) is 16.8. The van der Waals surface area contributed by atoms with Gasteiger partial charge in [-0.1, -0.05) is 36.1 Å². The van der Waals surface area contributed by atoms with Gasteiger partial charge in [-0.3, -0.25) is 0 Å². The van der Waals surface area contributed by atoms with E-state index in [-0.39, 0.29) is 6.61 Å². The first-order valence-electron chi connectivity index (χ1n) is 7.23. The summed E-state index contributed by atoms with van der Waals surface area (Å²) in [7, 11) is 0. The van der Waals surface area contributed by atoms with Crippen LogP contribution in [0.15, 0.2) is 48.5 Å². The minimum absolute atomic E-state index is 0.0985. The second-order valence-electron chi connectivity index (χ2n) is 5.01. The van der Waals surface area contributed by atoms with Gasteiger partial charge in [-0.25, -0.2) is 0 Å². The summed E-state index contributed by atoms with van der Waals surface area (Å²) in [5.41, 5.74) is 4.72. The van der Waals surface area contributed by atoms with Crippen molar-refractivity contribution in [3.63, 3.8) is 0 Å². The van der Waals surface area contributed by atoms with Crippen LogP contribution < -0.4 is 4.90 Å². The van der Waals surface area contributed by atoms with Gasteiger partial charge in [0.1, 0.15) is 6.61 Å². The highest BCUT2D eigenvalue weighted by Crippen LogP contribution is 2.18. The van der Waals surface area contributed by atoms with Crippen LogP contribution in [0.1, 0.15) is 23.6 Å². The van der Waals surface area contributed by atoms with Crippen LogP contribution in [-0.2, 0) is 6.54 Å². The fourth-order valence-corrected chi connectivity index (χ4v) is 2.27. The Morgan fingerprint density at radius 3 is 2.48 bits per heavy atom. The van der Waals surface area contributed by atoms with Gasteiger partial charge in [-0.2, -0.15) is 0 Å². The van der Waals surface area contributed by atoms with E-state index in [2.05, 4.69) is 67.0 Å². The van der Waals surface area contributed by atoms with Gasteiger partial charge in [0.2, 0.25) is 0 Å². The minimum Gasteiger partial charge on any atom is -0.384 e. The van der Waals surface area contributed by atoms with Crippen molar-refractivity contribution < 1.29 is 5.11 Å². The lowest BCUT2D eigenvalue weighted by molar-refractivity contribution is 0.350. The molecule has 0 saturated heterocycles. The zero-order chi connectivity index (χ0) is 15.1. The quantitative estimate of drug-likeness (QED) is 0.867. The molecule has 0 spiro atoms. The Kier molecular flexibility index (Phi) is 5.43. The monoisotopic (exact) mass is 279 g/mol. The van der Waals surface area contributed by atoms with E-state index >= 15 is 0 Å². The van der Waals surface area contributed by atoms with Crippen molar-refractivity contribution in [2.45, 2.75) is 20.4 Å². The van der Waals surface area contributed by atoms with Crippen LogP contribution in [0.5, 0.6) is 0 Å². The molecule has 2 heteroatoms. The minimum atomic E-state index is -0.0985. The topological polar surface area (TPSA) is 23.5 Å². The number of aliphatic hydroxyl groups excluding tert-OH is 1. The molecular weight excluding hydrogens is 258 g/mol. The number of hydrogen-bond donors (Lipinski definition) is 1. The average molecular weight is 279 g/mol. The molecule has 2 aromatic carbocycles. The van der Waals surface area contributed by atoms with E-state index in [1.54, 1.807) is 0 Å². The van der Waals surface area contributed by atoms with Crippen molar-refractivity contribution in [1.29, 1.82) is 0 Å². The van der Waals surface area contributed by atoms with Gasteiger partial charge in [0.25, 0.3) is 0 Å². The van der Waals surface area contributed by atoms with Gasteiger partial charge in [-0.05, 0) is 49.2 Å². The molecule has 108 valence electrons. The smallest absolute Gasteiger partial charge is 0.104 e. The molecule has 1 N–H and O–H groups in total. The Hall–Kier alpha value is -2.24. The van der Waals surface area contributed by atoms with Gasteiger partial charge in [-0.15, -0.1) is 0 Å². The Morgan fingerprint density at radius 1 is 1.10 bits per heavy atom. The molecule has 0 aliphatic carbocycles. The van der Waals surface area contributed by atoms with Crippen LogP contribution in [0.4, 0.5) is 5.69 Å². The van der Waals surface area contributed by atoms with Crippen molar-refractivity contribution in [1.82, 2.24) is 0 Å². The first kappa shape index (κ1) is 15.2. The van der Waals surface area contributed by atoms with Crippen molar-refractivity contribution >= 4 is 5.69 Å². The third kappa shape index (κ3) is 4.37.